The Hall–Kier alpha value is -0.280. The molecule has 0 amide bonds. The number of hydrogen-bond acceptors (Lipinski definition) is 0. The molecule has 1 rings (SSSR count). The molecule has 0 nitrogen and oxygen atoms in total. The van der Waals surface area contributed by atoms with E-state index in [1.807, 2.05) is 0 Å². The second kappa shape index (κ2) is 2.99. The van der Waals surface area contributed by atoms with Crippen molar-refractivity contribution in [2.45, 2.75) is 31.9 Å². The Kier molecular flexibility index (Phi) is 2.40. The zero-order valence-corrected chi connectivity index (χ0v) is 5.92. The van der Waals surface area contributed by atoms with Crippen molar-refractivity contribution in [3.63, 3.8) is 0 Å². The van der Waals surface area contributed by atoms with E-state index in [9.17, 15) is 17.6 Å². The van der Waals surface area contributed by atoms with Gasteiger partial charge in [0.2, 0.25) is 0 Å². The van der Waals surface area contributed by atoms with Crippen LogP contribution in [0.2, 0.25) is 0 Å². The molecular weight excluding hydrogens is 160 g/mol. The van der Waals surface area contributed by atoms with Crippen molar-refractivity contribution in [3.8, 4) is 0 Å². The Labute approximate surface area is 62.6 Å². The third-order valence-electron chi connectivity index (χ3n) is 1.93. The smallest absolute Gasteiger partial charge is 0.240 e. The van der Waals surface area contributed by atoms with Gasteiger partial charge in [-0.15, -0.1) is 0 Å². The van der Waals surface area contributed by atoms with Gasteiger partial charge in [-0.1, -0.05) is 12.8 Å². The third kappa shape index (κ3) is 2.07. The van der Waals surface area contributed by atoms with Crippen molar-refractivity contribution in [1.29, 1.82) is 0 Å². The SMILES string of the molecule is F[C]1CCCCC1C(F)(F)F. The first-order valence-corrected chi connectivity index (χ1v) is 3.60. The fraction of sp³-hybridized carbons (Fsp3) is 0.857. The quantitative estimate of drug-likeness (QED) is 0.488. The van der Waals surface area contributed by atoms with Gasteiger partial charge in [0.25, 0.3) is 0 Å². The number of rotatable bonds is 0. The number of alkyl halides is 3. The van der Waals surface area contributed by atoms with Gasteiger partial charge in [0.05, 0.1) is 5.92 Å². The lowest BCUT2D eigenvalue weighted by atomic mass is 9.87. The first-order chi connectivity index (χ1) is 5.02. The largest absolute Gasteiger partial charge is 0.394 e. The van der Waals surface area contributed by atoms with Crippen LogP contribution in [-0.2, 0) is 0 Å². The molecule has 1 atom stereocenters. The molecule has 1 unspecified atom stereocenters. The van der Waals surface area contributed by atoms with E-state index < -0.39 is 18.3 Å². The van der Waals surface area contributed by atoms with Crippen molar-refractivity contribution in [1.82, 2.24) is 0 Å². The molecule has 0 heterocycles. The molecule has 0 bridgehead atoms. The standard InChI is InChI=1S/C7H9F4/c8-6-4-2-1-3-5(6)7(9,10)11/h5H,1-4H2. The average molecular weight is 169 g/mol. The molecule has 1 fully saturated rings. The van der Waals surface area contributed by atoms with Crippen molar-refractivity contribution in [2.75, 3.05) is 0 Å². The number of hydrogen-bond donors (Lipinski definition) is 0. The highest BCUT2D eigenvalue weighted by Crippen LogP contribution is 2.43. The molecule has 65 valence electrons. The Bertz CT molecular complexity index is 129. The monoisotopic (exact) mass is 169 g/mol. The van der Waals surface area contributed by atoms with E-state index in [2.05, 4.69) is 0 Å². The van der Waals surface area contributed by atoms with Gasteiger partial charge >= 0.3 is 6.18 Å². The van der Waals surface area contributed by atoms with Crippen LogP contribution in [0.15, 0.2) is 0 Å². The fourth-order valence-electron chi connectivity index (χ4n) is 1.31. The first-order valence-electron chi connectivity index (χ1n) is 3.60. The van der Waals surface area contributed by atoms with E-state index in [4.69, 9.17) is 0 Å². The summed E-state index contributed by atoms with van der Waals surface area (Å²) < 4.78 is 48.3. The zero-order chi connectivity index (χ0) is 8.48. The Morgan fingerprint density at radius 3 is 2.18 bits per heavy atom. The summed E-state index contributed by atoms with van der Waals surface area (Å²) in [4.78, 5) is 0. The molecule has 0 N–H and O–H groups in total. The van der Waals surface area contributed by atoms with Gasteiger partial charge < -0.3 is 0 Å². The van der Waals surface area contributed by atoms with E-state index in [1.54, 1.807) is 0 Å². The van der Waals surface area contributed by atoms with Crippen LogP contribution < -0.4 is 0 Å². The van der Waals surface area contributed by atoms with Gasteiger partial charge in [-0.3, -0.25) is 0 Å². The van der Waals surface area contributed by atoms with E-state index >= 15 is 0 Å². The second-order valence-corrected chi connectivity index (χ2v) is 2.79. The Morgan fingerprint density at radius 1 is 1.18 bits per heavy atom. The third-order valence-corrected chi connectivity index (χ3v) is 1.93. The predicted octanol–water partition coefficient (Wildman–Crippen LogP) is 3.24. The van der Waals surface area contributed by atoms with Gasteiger partial charge in [0, 0.05) is 0 Å². The summed E-state index contributed by atoms with van der Waals surface area (Å²) >= 11 is 0. The maximum absolute atomic E-state index is 12.5. The summed E-state index contributed by atoms with van der Waals surface area (Å²) in [7, 11) is 0. The van der Waals surface area contributed by atoms with Gasteiger partial charge in [-0.05, 0) is 12.8 Å². The summed E-state index contributed by atoms with van der Waals surface area (Å²) in [6.45, 7) is 0. The van der Waals surface area contributed by atoms with Crippen molar-refractivity contribution in [3.05, 3.63) is 6.17 Å². The highest BCUT2D eigenvalue weighted by atomic mass is 19.4. The molecule has 0 spiro atoms. The van der Waals surface area contributed by atoms with Crippen LogP contribution in [-0.4, -0.2) is 6.18 Å². The van der Waals surface area contributed by atoms with Crippen LogP contribution in [0.5, 0.6) is 0 Å². The lowest BCUT2D eigenvalue weighted by Crippen LogP contribution is -2.29. The highest BCUT2D eigenvalue weighted by molar-refractivity contribution is 4.93. The average Bonchev–Trinajstić information content (AvgIpc) is 1.86. The van der Waals surface area contributed by atoms with Gasteiger partial charge in [-0.2, -0.15) is 13.2 Å². The summed E-state index contributed by atoms with van der Waals surface area (Å²) in [5, 5.41) is 0. The molecule has 1 saturated carbocycles. The van der Waals surface area contributed by atoms with Crippen LogP contribution in [0.1, 0.15) is 25.7 Å². The van der Waals surface area contributed by atoms with E-state index in [0.29, 0.717) is 12.8 Å². The minimum absolute atomic E-state index is 0.00975. The molecule has 0 aromatic carbocycles. The maximum Gasteiger partial charge on any atom is 0.394 e. The minimum atomic E-state index is -4.37. The maximum atomic E-state index is 12.5. The predicted molar refractivity (Wildman–Crippen MR) is 32.4 cm³/mol. The first kappa shape index (κ1) is 8.81. The Balaban J connectivity index is 2.55. The second-order valence-electron chi connectivity index (χ2n) is 2.79. The Morgan fingerprint density at radius 2 is 1.82 bits per heavy atom. The normalized spacial score (nSPS) is 28.9. The highest BCUT2D eigenvalue weighted by Gasteiger charge is 2.46. The molecule has 1 aliphatic carbocycles. The molecule has 4 heteroatoms. The molecule has 0 saturated heterocycles. The van der Waals surface area contributed by atoms with Crippen LogP contribution >= 0.6 is 0 Å². The van der Waals surface area contributed by atoms with Crippen LogP contribution in [0.25, 0.3) is 0 Å². The van der Waals surface area contributed by atoms with Crippen molar-refractivity contribution < 1.29 is 17.6 Å². The van der Waals surface area contributed by atoms with Gasteiger partial charge in [0.15, 0.2) is 6.17 Å². The molecule has 1 aliphatic rings. The summed E-state index contributed by atoms with van der Waals surface area (Å²) in [5.74, 6) is -1.78. The van der Waals surface area contributed by atoms with E-state index in [-0.39, 0.29) is 12.8 Å². The van der Waals surface area contributed by atoms with Crippen LogP contribution in [0.4, 0.5) is 17.6 Å². The van der Waals surface area contributed by atoms with Crippen LogP contribution in [0.3, 0.4) is 0 Å². The molecule has 0 aromatic heterocycles. The summed E-state index contributed by atoms with van der Waals surface area (Å²) in [6.07, 6.45) is -4.30. The van der Waals surface area contributed by atoms with Crippen molar-refractivity contribution >= 4 is 0 Å². The summed E-state index contributed by atoms with van der Waals surface area (Å²) in [6, 6.07) is 0. The van der Waals surface area contributed by atoms with Crippen LogP contribution in [0, 0.1) is 12.1 Å². The molecule has 0 aliphatic heterocycles. The topological polar surface area (TPSA) is 0 Å². The lowest BCUT2D eigenvalue weighted by molar-refractivity contribution is -0.182. The fourth-order valence-corrected chi connectivity index (χ4v) is 1.31. The molecule has 1 radical (unpaired) electrons. The minimum Gasteiger partial charge on any atom is -0.240 e. The molecular formula is C7H9F4. The van der Waals surface area contributed by atoms with E-state index in [1.165, 1.54) is 0 Å². The summed E-state index contributed by atoms with van der Waals surface area (Å²) in [5.41, 5.74) is 0. The molecule has 11 heavy (non-hydrogen) atoms. The van der Waals surface area contributed by atoms with Gasteiger partial charge in [-0.25, -0.2) is 4.39 Å². The van der Waals surface area contributed by atoms with Crippen molar-refractivity contribution in [2.24, 2.45) is 5.92 Å². The lowest BCUT2D eigenvalue weighted by Gasteiger charge is -2.26. The zero-order valence-electron chi connectivity index (χ0n) is 5.92. The number of halogens is 4. The van der Waals surface area contributed by atoms with Gasteiger partial charge in [0.1, 0.15) is 0 Å². The molecule has 0 aromatic rings. The van der Waals surface area contributed by atoms with E-state index in [0.717, 1.165) is 0 Å².